The fourth-order valence-corrected chi connectivity index (χ4v) is 2.08. The number of hydrogen-bond donors (Lipinski definition) is 1. The number of imidazole rings is 1. The van der Waals surface area contributed by atoms with Crippen LogP contribution in [-0.4, -0.2) is 9.55 Å². The predicted molar refractivity (Wildman–Crippen MR) is 52.5 cm³/mol. The zero-order valence-electron chi connectivity index (χ0n) is 8.59. The zero-order chi connectivity index (χ0) is 9.64. The molecule has 0 aromatic carbocycles. The van der Waals surface area contributed by atoms with E-state index in [2.05, 4.69) is 16.5 Å². The molecule has 0 saturated carbocycles. The van der Waals surface area contributed by atoms with Gasteiger partial charge >= 0.3 is 0 Å². The molecule has 0 bridgehead atoms. The summed E-state index contributed by atoms with van der Waals surface area (Å²) in [6, 6.07) is 0. The van der Waals surface area contributed by atoms with Gasteiger partial charge in [0.25, 0.3) is 0 Å². The number of fused-ring (bicyclic) bond motifs is 1. The second kappa shape index (κ2) is 2.58. The molecule has 1 aliphatic heterocycles. The van der Waals surface area contributed by atoms with Crippen LogP contribution >= 0.6 is 0 Å². The first-order chi connectivity index (χ1) is 6.00. The normalized spacial score (nSPS) is 16.3. The van der Waals surface area contributed by atoms with Gasteiger partial charge < -0.3 is 10.3 Å². The summed E-state index contributed by atoms with van der Waals surface area (Å²) < 4.78 is 2.30. The third-order valence-corrected chi connectivity index (χ3v) is 2.67. The van der Waals surface area contributed by atoms with Crippen molar-refractivity contribution < 1.29 is 0 Å². The van der Waals surface area contributed by atoms with Crippen molar-refractivity contribution in [3.63, 3.8) is 0 Å². The van der Waals surface area contributed by atoms with Gasteiger partial charge in [0.1, 0.15) is 5.82 Å². The van der Waals surface area contributed by atoms with Crippen LogP contribution in [0.2, 0.25) is 0 Å². The molecule has 1 aromatic rings. The fourth-order valence-electron chi connectivity index (χ4n) is 2.08. The molecule has 0 aliphatic carbocycles. The summed E-state index contributed by atoms with van der Waals surface area (Å²) in [5.41, 5.74) is 8.21. The lowest BCUT2D eigenvalue weighted by Gasteiger charge is -2.17. The minimum absolute atomic E-state index is 0.296. The van der Waals surface area contributed by atoms with Gasteiger partial charge in [-0.3, -0.25) is 0 Å². The van der Waals surface area contributed by atoms with E-state index in [1.54, 1.807) is 0 Å². The van der Waals surface area contributed by atoms with Gasteiger partial charge in [-0.25, -0.2) is 4.98 Å². The highest BCUT2D eigenvalue weighted by atomic mass is 15.1. The van der Waals surface area contributed by atoms with Crippen LogP contribution in [0.3, 0.4) is 0 Å². The van der Waals surface area contributed by atoms with Gasteiger partial charge in [0.15, 0.2) is 0 Å². The Labute approximate surface area is 79.0 Å². The molecule has 2 heterocycles. The van der Waals surface area contributed by atoms with Gasteiger partial charge in [-0.2, -0.15) is 0 Å². The first kappa shape index (κ1) is 8.75. The average molecular weight is 179 g/mol. The lowest BCUT2D eigenvalue weighted by molar-refractivity contribution is 0.531. The lowest BCUT2D eigenvalue weighted by Crippen LogP contribution is -2.30. The summed E-state index contributed by atoms with van der Waals surface area (Å²) in [5, 5.41) is 0. The zero-order valence-corrected chi connectivity index (χ0v) is 8.59. The van der Waals surface area contributed by atoms with E-state index in [0.29, 0.717) is 0 Å². The summed E-state index contributed by atoms with van der Waals surface area (Å²) >= 11 is 0. The number of aromatic nitrogens is 2. The van der Waals surface area contributed by atoms with Gasteiger partial charge in [-0.1, -0.05) is 0 Å². The predicted octanol–water partition coefficient (Wildman–Crippen LogP) is 1.33. The molecule has 72 valence electrons. The highest BCUT2D eigenvalue weighted by Crippen LogP contribution is 2.27. The second-order valence-corrected chi connectivity index (χ2v) is 4.43. The van der Waals surface area contributed by atoms with Crippen molar-refractivity contribution in [3.8, 4) is 0 Å². The molecule has 1 aromatic heterocycles. The monoisotopic (exact) mass is 179 g/mol. The molecule has 0 atom stereocenters. The van der Waals surface area contributed by atoms with Crippen LogP contribution in [-0.2, 0) is 18.5 Å². The first-order valence-electron chi connectivity index (χ1n) is 4.85. The molecule has 0 amide bonds. The molecule has 2 N–H and O–H groups in total. The number of nitrogens with two attached hydrogens (primary N) is 1. The van der Waals surface area contributed by atoms with Crippen molar-refractivity contribution >= 4 is 0 Å². The van der Waals surface area contributed by atoms with Crippen molar-refractivity contribution in [2.45, 2.75) is 45.7 Å². The van der Waals surface area contributed by atoms with Gasteiger partial charge in [0.2, 0.25) is 0 Å². The van der Waals surface area contributed by atoms with Gasteiger partial charge in [-0.05, 0) is 33.6 Å². The Morgan fingerprint density at radius 2 is 2.15 bits per heavy atom. The first-order valence-corrected chi connectivity index (χ1v) is 4.85. The maximum atomic E-state index is 6.07. The maximum absolute atomic E-state index is 6.07. The maximum Gasteiger partial charge on any atom is 0.106 e. The van der Waals surface area contributed by atoms with Crippen LogP contribution in [0.15, 0.2) is 0 Å². The summed E-state index contributed by atoms with van der Waals surface area (Å²) in [6.07, 6.45) is 2.37. The van der Waals surface area contributed by atoms with Crippen molar-refractivity contribution in [2.75, 3.05) is 0 Å². The summed E-state index contributed by atoms with van der Waals surface area (Å²) in [6.45, 7) is 7.22. The number of hydrogen-bond acceptors (Lipinski definition) is 2. The third-order valence-electron chi connectivity index (χ3n) is 2.67. The largest absolute Gasteiger partial charge is 0.332 e. The number of aryl methyl sites for hydroxylation is 1. The SMILES string of the molecule is Cc1nc(C(C)(C)N)c2n1CCC2. The van der Waals surface area contributed by atoms with Crippen molar-refractivity contribution in [1.82, 2.24) is 9.55 Å². The van der Waals surface area contributed by atoms with Crippen molar-refractivity contribution in [2.24, 2.45) is 5.73 Å². The number of nitrogens with zero attached hydrogens (tertiary/aromatic N) is 2. The molecule has 0 spiro atoms. The Balaban J connectivity index is 2.55. The van der Waals surface area contributed by atoms with E-state index < -0.39 is 0 Å². The summed E-state index contributed by atoms with van der Waals surface area (Å²) in [7, 11) is 0. The topological polar surface area (TPSA) is 43.8 Å². The molecule has 3 nitrogen and oxygen atoms in total. The van der Waals surface area contributed by atoms with Gasteiger partial charge in [0.05, 0.1) is 11.2 Å². The van der Waals surface area contributed by atoms with Gasteiger partial charge in [-0.15, -0.1) is 0 Å². The van der Waals surface area contributed by atoms with E-state index in [-0.39, 0.29) is 5.54 Å². The van der Waals surface area contributed by atoms with E-state index in [1.165, 1.54) is 12.1 Å². The molecule has 0 fully saturated rings. The Morgan fingerprint density at radius 3 is 2.77 bits per heavy atom. The van der Waals surface area contributed by atoms with Crippen LogP contribution in [0, 0.1) is 6.92 Å². The van der Waals surface area contributed by atoms with Crippen molar-refractivity contribution in [1.29, 1.82) is 0 Å². The minimum atomic E-state index is -0.296. The van der Waals surface area contributed by atoms with Gasteiger partial charge in [0, 0.05) is 12.2 Å². The smallest absolute Gasteiger partial charge is 0.106 e. The standard InChI is InChI=1S/C10H17N3/c1-7-12-9(10(2,3)11)8-5-4-6-13(7)8/h4-6,11H2,1-3H3. The molecule has 0 saturated heterocycles. The summed E-state index contributed by atoms with van der Waals surface area (Å²) in [4.78, 5) is 4.54. The van der Waals surface area contributed by atoms with Crippen LogP contribution in [0.1, 0.15) is 37.5 Å². The average Bonchev–Trinajstić information content (AvgIpc) is 2.51. The number of rotatable bonds is 1. The molecular weight excluding hydrogens is 162 g/mol. The highest BCUT2D eigenvalue weighted by Gasteiger charge is 2.27. The highest BCUT2D eigenvalue weighted by molar-refractivity contribution is 5.25. The second-order valence-electron chi connectivity index (χ2n) is 4.43. The van der Waals surface area contributed by atoms with Crippen LogP contribution in [0.5, 0.6) is 0 Å². The molecule has 0 unspecified atom stereocenters. The van der Waals surface area contributed by atoms with E-state index in [9.17, 15) is 0 Å². The Morgan fingerprint density at radius 1 is 1.46 bits per heavy atom. The molecule has 1 aliphatic rings. The Kier molecular flexibility index (Phi) is 1.74. The van der Waals surface area contributed by atoms with E-state index in [4.69, 9.17) is 5.73 Å². The molecular formula is C10H17N3. The van der Waals surface area contributed by atoms with E-state index in [0.717, 1.165) is 24.5 Å². The van der Waals surface area contributed by atoms with Crippen LogP contribution in [0.25, 0.3) is 0 Å². The minimum Gasteiger partial charge on any atom is -0.332 e. The molecule has 0 radical (unpaired) electrons. The lowest BCUT2D eigenvalue weighted by atomic mass is 9.99. The van der Waals surface area contributed by atoms with E-state index >= 15 is 0 Å². The summed E-state index contributed by atoms with van der Waals surface area (Å²) in [5.74, 6) is 1.11. The Hall–Kier alpha value is -0.830. The third kappa shape index (κ3) is 1.27. The molecule has 2 rings (SSSR count). The van der Waals surface area contributed by atoms with Crippen LogP contribution in [0.4, 0.5) is 0 Å². The Bertz CT molecular complexity index is 331. The van der Waals surface area contributed by atoms with E-state index in [1.807, 2.05) is 13.8 Å². The molecule has 3 heteroatoms. The van der Waals surface area contributed by atoms with Crippen molar-refractivity contribution in [3.05, 3.63) is 17.2 Å². The quantitative estimate of drug-likeness (QED) is 0.707. The van der Waals surface area contributed by atoms with Crippen LogP contribution < -0.4 is 5.73 Å². The fraction of sp³-hybridized carbons (Fsp3) is 0.700. The molecule has 13 heavy (non-hydrogen) atoms.